The number of hydrogen-bond acceptors (Lipinski definition) is 2. The Labute approximate surface area is 91.0 Å². The van der Waals surface area contributed by atoms with Gasteiger partial charge in [-0.15, -0.1) is 0 Å². The van der Waals surface area contributed by atoms with E-state index in [2.05, 4.69) is 30.2 Å². The van der Waals surface area contributed by atoms with Crippen LogP contribution < -0.4 is 5.32 Å². The highest BCUT2D eigenvalue weighted by Crippen LogP contribution is 2.11. The average Bonchev–Trinajstić information content (AvgIpc) is 2.22. The fourth-order valence-electron chi connectivity index (χ4n) is 1.35. The topological polar surface area (TPSA) is 24.4 Å². The Morgan fingerprint density at radius 2 is 2.00 bits per heavy atom. The molecule has 0 aromatic carbocycles. The molecule has 2 unspecified atom stereocenters. The molecule has 0 spiro atoms. The van der Waals surface area contributed by atoms with Crippen LogP contribution >= 0.6 is 0 Å². The smallest absolute Gasteiger partial charge is 0.0345 e. The second kappa shape index (κ2) is 10.5. The van der Waals surface area contributed by atoms with Gasteiger partial charge in [-0.05, 0) is 19.0 Å². The van der Waals surface area contributed by atoms with Crippen LogP contribution in [0.15, 0.2) is 17.3 Å². The van der Waals surface area contributed by atoms with Crippen molar-refractivity contribution in [1.82, 2.24) is 5.32 Å². The Balaban J connectivity index is -0.000000339. The molecule has 0 aromatic heterocycles. The third-order valence-electron chi connectivity index (χ3n) is 2.03. The van der Waals surface area contributed by atoms with Gasteiger partial charge in [0.15, 0.2) is 0 Å². The predicted octanol–water partition coefficient (Wildman–Crippen LogP) is 3.50. The summed E-state index contributed by atoms with van der Waals surface area (Å²) in [5.41, 5.74) is 0. The maximum Gasteiger partial charge on any atom is 0.0345 e. The van der Waals surface area contributed by atoms with E-state index in [1.165, 1.54) is 0 Å². The van der Waals surface area contributed by atoms with Gasteiger partial charge >= 0.3 is 0 Å². The van der Waals surface area contributed by atoms with E-state index in [1.54, 1.807) is 0 Å². The van der Waals surface area contributed by atoms with Crippen molar-refractivity contribution in [2.24, 2.45) is 10.9 Å². The van der Waals surface area contributed by atoms with E-state index in [1.807, 2.05) is 26.3 Å². The van der Waals surface area contributed by atoms with Crippen LogP contribution in [-0.2, 0) is 0 Å². The van der Waals surface area contributed by atoms with Crippen molar-refractivity contribution < 1.29 is 1.43 Å². The van der Waals surface area contributed by atoms with Gasteiger partial charge in [0.2, 0.25) is 0 Å². The molecule has 0 amide bonds. The van der Waals surface area contributed by atoms with Gasteiger partial charge in [0.1, 0.15) is 0 Å². The lowest BCUT2D eigenvalue weighted by molar-refractivity contribution is 0.496. The lowest BCUT2D eigenvalue weighted by Gasteiger charge is -2.22. The van der Waals surface area contributed by atoms with E-state index in [0.29, 0.717) is 12.0 Å². The molecule has 0 radical (unpaired) electrons. The highest BCUT2D eigenvalue weighted by molar-refractivity contribution is 5.64. The van der Waals surface area contributed by atoms with Crippen LogP contribution in [-0.4, -0.2) is 18.8 Å². The zero-order chi connectivity index (χ0) is 10.1. The lowest BCUT2D eigenvalue weighted by Crippen LogP contribution is -2.36. The molecule has 0 bridgehead atoms. The van der Waals surface area contributed by atoms with Crippen molar-refractivity contribution in [2.75, 3.05) is 6.54 Å². The molecular formula is C12H28N2. The van der Waals surface area contributed by atoms with Crippen LogP contribution in [0, 0.1) is 5.92 Å². The Hall–Kier alpha value is -0.630. The van der Waals surface area contributed by atoms with Crippen molar-refractivity contribution in [2.45, 2.75) is 47.6 Å². The molecule has 1 aliphatic heterocycles. The molecule has 86 valence electrons. The van der Waals surface area contributed by atoms with Gasteiger partial charge < -0.3 is 5.32 Å². The minimum atomic E-state index is 0. The molecule has 2 heteroatoms. The summed E-state index contributed by atoms with van der Waals surface area (Å²) in [5, 5.41) is 3.41. The third-order valence-corrected chi connectivity index (χ3v) is 2.03. The van der Waals surface area contributed by atoms with Crippen LogP contribution in [0.3, 0.4) is 0 Å². The van der Waals surface area contributed by atoms with E-state index in [-0.39, 0.29) is 8.85 Å². The quantitative estimate of drug-likeness (QED) is 0.741. The molecule has 0 aromatic rings. The third kappa shape index (κ3) is 5.18. The number of likely N-dealkylation sites (N-methyl/N-ethyl adjacent to an activating group) is 1. The molecule has 2 nitrogen and oxygen atoms in total. The zero-order valence-corrected chi connectivity index (χ0v) is 9.25. The van der Waals surface area contributed by atoms with Gasteiger partial charge in [-0.25, -0.2) is 0 Å². The molecule has 1 N–H and O–H groups in total. The average molecular weight is 200 g/mol. The number of nitrogens with one attached hydrogen (secondary N) is 1. The maximum absolute atomic E-state index is 4.12. The predicted molar refractivity (Wildman–Crippen MR) is 69.1 cm³/mol. The summed E-state index contributed by atoms with van der Waals surface area (Å²) < 4.78 is 0. The van der Waals surface area contributed by atoms with E-state index >= 15 is 0 Å². The van der Waals surface area contributed by atoms with Crippen molar-refractivity contribution in [3.8, 4) is 0 Å². The first-order valence-electron chi connectivity index (χ1n) is 5.31. The van der Waals surface area contributed by atoms with Crippen molar-refractivity contribution in [1.29, 1.82) is 0 Å². The molecule has 0 saturated heterocycles. The summed E-state index contributed by atoms with van der Waals surface area (Å²) in [5.74, 6) is 0.583. The molecule has 14 heavy (non-hydrogen) atoms. The van der Waals surface area contributed by atoms with E-state index < -0.39 is 0 Å². The standard InChI is InChI=1S/C9H16N2.C2H6.CH4.H2/c1-3-8-7-10-6-5-9(8)11-4-2;1-2;;/h5-9,11H,3-4H2,1-2H3;1-2H3;1H4;1H. The van der Waals surface area contributed by atoms with Crippen LogP contribution in [0.4, 0.5) is 0 Å². The SMILES string of the molecule is C.CC.CCNC1C=CN=CC1CC.[HH]. The highest BCUT2D eigenvalue weighted by Gasteiger charge is 2.15. The van der Waals surface area contributed by atoms with Gasteiger partial charge in [0.05, 0.1) is 0 Å². The van der Waals surface area contributed by atoms with E-state index in [9.17, 15) is 0 Å². The molecule has 0 aliphatic carbocycles. The van der Waals surface area contributed by atoms with Gasteiger partial charge in [-0.1, -0.05) is 35.1 Å². The van der Waals surface area contributed by atoms with Crippen molar-refractivity contribution in [3.05, 3.63) is 12.3 Å². The summed E-state index contributed by atoms with van der Waals surface area (Å²) >= 11 is 0. The Bertz CT molecular complexity index is 167. The van der Waals surface area contributed by atoms with E-state index in [0.717, 1.165) is 13.0 Å². The summed E-state index contributed by atoms with van der Waals surface area (Å²) in [4.78, 5) is 4.12. The van der Waals surface area contributed by atoms with Crippen LogP contribution in [0.1, 0.15) is 43.0 Å². The number of hydrogen-bond donors (Lipinski definition) is 1. The fourth-order valence-corrected chi connectivity index (χ4v) is 1.35. The monoisotopic (exact) mass is 200 g/mol. The second-order valence-corrected chi connectivity index (χ2v) is 2.80. The number of nitrogens with zero attached hydrogens (tertiary/aromatic N) is 1. The normalized spacial score (nSPS) is 23.4. The first kappa shape index (κ1) is 15.8. The molecule has 0 fully saturated rings. The second-order valence-electron chi connectivity index (χ2n) is 2.80. The largest absolute Gasteiger partial charge is 0.310 e. The first-order chi connectivity index (χ1) is 6.38. The van der Waals surface area contributed by atoms with Gasteiger partial charge in [0, 0.05) is 25.8 Å². The molecule has 0 saturated carbocycles. The fraction of sp³-hybridized carbons (Fsp3) is 0.750. The highest BCUT2D eigenvalue weighted by atomic mass is 14.9. The van der Waals surface area contributed by atoms with Crippen molar-refractivity contribution >= 4 is 6.21 Å². The first-order valence-corrected chi connectivity index (χ1v) is 5.31. The van der Waals surface area contributed by atoms with Crippen LogP contribution in [0.2, 0.25) is 0 Å². The number of rotatable bonds is 3. The molecule has 1 heterocycles. The van der Waals surface area contributed by atoms with Crippen LogP contribution in [0.25, 0.3) is 0 Å². The summed E-state index contributed by atoms with van der Waals surface area (Å²) in [6.45, 7) is 9.35. The summed E-state index contributed by atoms with van der Waals surface area (Å²) in [6, 6.07) is 0.502. The molecule has 1 rings (SSSR count). The van der Waals surface area contributed by atoms with E-state index in [4.69, 9.17) is 0 Å². The summed E-state index contributed by atoms with van der Waals surface area (Å²) in [7, 11) is 0. The Morgan fingerprint density at radius 3 is 2.50 bits per heavy atom. The summed E-state index contributed by atoms with van der Waals surface area (Å²) in [6.07, 6.45) is 7.20. The molecule has 2 atom stereocenters. The minimum Gasteiger partial charge on any atom is -0.310 e. The minimum absolute atomic E-state index is 0. The lowest BCUT2D eigenvalue weighted by atomic mass is 9.97. The van der Waals surface area contributed by atoms with Crippen molar-refractivity contribution in [3.63, 3.8) is 0 Å². The Kier molecular flexibility index (Phi) is 11.8. The zero-order valence-electron chi connectivity index (χ0n) is 9.25. The van der Waals surface area contributed by atoms with Crippen LogP contribution in [0.5, 0.6) is 0 Å². The Morgan fingerprint density at radius 1 is 1.36 bits per heavy atom. The van der Waals surface area contributed by atoms with Gasteiger partial charge in [-0.3, -0.25) is 4.99 Å². The maximum atomic E-state index is 4.12. The van der Waals surface area contributed by atoms with Gasteiger partial charge in [0.25, 0.3) is 0 Å². The molecule has 1 aliphatic rings. The number of aliphatic imine (C=N–C) groups is 1. The molecular weight excluding hydrogens is 172 g/mol. The van der Waals surface area contributed by atoms with Gasteiger partial charge in [-0.2, -0.15) is 0 Å².